The van der Waals surface area contributed by atoms with Crippen molar-refractivity contribution in [3.63, 3.8) is 0 Å². The molecule has 0 unspecified atom stereocenters. The molecule has 3 amide bonds. The highest BCUT2D eigenvalue weighted by molar-refractivity contribution is 7.15. The molecule has 0 saturated carbocycles. The van der Waals surface area contributed by atoms with Gasteiger partial charge in [0.05, 0.1) is 25.5 Å². The van der Waals surface area contributed by atoms with Crippen molar-refractivity contribution in [3.8, 4) is 11.5 Å². The zero-order chi connectivity index (χ0) is 21.7. The van der Waals surface area contributed by atoms with Crippen LogP contribution in [0.2, 0.25) is 0 Å². The lowest BCUT2D eigenvalue weighted by Gasteiger charge is -2.26. The maximum absolute atomic E-state index is 13.1. The Bertz CT molecular complexity index is 912. The van der Waals surface area contributed by atoms with Crippen LogP contribution in [0.4, 0.5) is 9.93 Å². The minimum Gasteiger partial charge on any atom is -0.490 e. The summed E-state index contributed by atoms with van der Waals surface area (Å²) >= 11 is 1.41. The molecule has 0 spiro atoms. The third-order valence-corrected chi connectivity index (χ3v) is 5.45. The molecular weight excluding hydrogens is 404 g/mol. The first-order valence-corrected chi connectivity index (χ1v) is 11.0. The number of hydrogen-bond donors (Lipinski definition) is 2. The Morgan fingerprint density at radius 1 is 1.20 bits per heavy atom. The Morgan fingerprint density at radius 3 is 2.63 bits per heavy atom. The van der Waals surface area contributed by atoms with Gasteiger partial charge in [-0.2, -0.15) is 0 Å². The molecule has 30 heavy (non-hydrogen) atoms. The molecule has 0 bridgehead atoms. The van der Waals surface area contributed by atoms with Gasteiger partial charge in [-0.25, -0.2) is 9.78 Å². The van der Waals surface area contributed by atoms with Gasteiger partial charge in [0.15, 0.2) is 16.6 Å². The van der Waals surface area contributed by atoms with Gasteiger partial charge in [0.1, 0.15) is 0 Å². The summed E-state index contributed by atoms with van der Waals surface area (Å²) in [7, 11) is 0. The number of nitrogens with one attached hydrogen (secondary N) is 2. The Morgan fingerprint density at radius 2 is 1.93 bits per heavy atom. The van der Waals surface area contributed by atoms with Crippen LogP contribution in [0.15, 0.2) is 18.2 Å². The maximum atomic E-state index is 13.1. The summed E-state index contributed by atoms with van der Waals surface area (Å²) in [5.41, 5.74) is 1.50. The van der Waals surface area contributed by atoms with E-state index >= 15 is 0 Å². The fourth-order valence-corrected chi connectivity index (χ4v) is 4.20. The van der Waals surface area contributed by atoms with Crippen LogP contribution in [0.5, 0.6) is 11.5 Å². The van der Waals surface area contributed by atoms with Crippen molar-refractivity contribution < 1.29 is 19.1 Å². The molecule has 9 heteroatoms. The second kappa shape index (κ2) is 9.80. The van der Waals surface area contributed by atoms with E-state index in [1.807, 2.05) is 27.7 Å². The Hall–Kier alpha value is -2.81. The van der Waals surface area contributed by atoms with Gasteiger partial charge < -0.3 is 19.7 Å². The zero-order valence-corrected chi connectivity index (χ0v) is 18.6. The Labute approximate surface area is 180 Å². The van der Waals surface area contributed by atoms with Gasteiger partial charge in [-0.3, -0.25) is 10.1 Å². The largest absolute Gasteiger partial charge is 0.490 e. The number of amides is 3. The van der Waals surface area contributed by atoms with Crippen molar-refractivity contribution in [2.75, 3.05) is 25.1 Å². The smallest absolute Gasteiger partial charge is 0.321 e. The number of hydrogen-bond acceptors (Lipinski definition) is 6. The van der Waals surface area contributed by atoms with E-state index in [1.165, 1.54) is 11.3 Å². The number of ether oxygens (including phenoxy) is 2. The molecule has 0 radical (unpaired) electrons. The van der Waals surface area contributed by atoms with Crippen molar-refractivity contribution in [2.24, 2.45) is 0 Å². The van der Waals surface area contributed by atoms with E-state index in [9.17, 15) is 9.59 Å². The summed E-state index contributed by atoms with van der Waals surface area (Å²) in [6, 6.07) is 5.05. The number of nitrogens with zero attached hydrogens (tertiary/aromatic N) is 2. The van der Waals surface area contributed by atoms with Crippen LogP contribution >= 0.6 is 11.3 Å². The molecule has 0 atom stereocenters. The first-order chi connectivity index (χ1) is 14.4. The molecule has 2 N–H and O–H groups in total. The quantitative estimate of drug-likeness (QED) is 0.696. The number of rotatable bonds is 7. The normalized spacial score (nSPS) is 13.0. The molecule has 1 aliphatic rings. The highest BCUT2D eigenvalue weighted by Crippen LogP contribution is 2.31. The first-order valence-electron chi connectivity index (χ1n) is 10.2. The van der Waals surface area contributed by atoms with Gasteiger partial charge in [0, 0.05) is 29.4 Å². The van der Waals surface area contributed by atoms with Crippen LogP contribution in [0.3, 0.4) is 0 Å². The van der Waals surface area contributed by atoms with Crippen LogP contribution in [0.1, 0.15) is 48.6 Å². The average Bonchev–Trinajstić information content (AvgIpc) is 3.09. The van der Waals surface area contributed by atoms with Gasteiger partial charge >= 0.3 is 6.03 Å². The SMILES string of the molecule is CCOc1ccc(C(=O)N2CCc3nc(NC(=O)NC(C)C)sc3C2)cc1OCC. The minimum atomic E-state index is -0.276. The number of anilines is 1. The molecule has 0 fully saturated rings. The van der Waals surface area contributed by atoms with Crippen LogP contribution in [0.25, 0.3) is 0 Å². The van der Waals surface area contributed by atoms with Gasteiger partial charge in [-0.1, -0.05) is 11.3 Å². The van der Waals surface area contributed by atoms with E-state index in [2.05, 4.69) is 15.6 Å². The van der Waals surface area contributed by atoms with Crippen LogP contribution in [-0.4, -0.2) is 47.6 Å². The highest BCUT2D eigenvalue weighted by atomic mass is 32.1. The second-order valence-electron chi connectivity index (χ2n) is 7.15. The fourth-order valence-electron chi connectivity index (χ4n) is 3.18. The minimum absolute atomic E-state index is 0.0448. The first kappa shape index (κ1) is 21.9. The molecular formula is C21H28N4O4S. The lowest BCUT2D eigenvalue weighted by atomic mass is 10.1. The summed E-state index contributed by atoms with van der Waals surface area (Å²) in [5, 5.41) is 6.10. The summed E-state index contributed by atoms with van der Waals surface area (Å²) in [6.07, 6.45) is 0.653. The highest BCUT2D eigenvalue weighted by Gasteiger charge is 2.26. The van der Waals surface area contributed by atoms with E-state index in [0.29, 0.717) is 54.9 Å². The Balaban J connectivity index is 1.71. The van der Waals surface area contributed by atoms with Crippen LogP contribution in [-0.2, 0) is 13.0 Å². The Kier molecular flexibility index (Phi) is 7.15. The number of carbonyl (C=O) groups is 2. The summed E-state index contributed by atoms with van der Waals surface area (Å²) in [4.78, 5) is 32.3. The van der Waals surface area contributed by atoms with Crippen molar-refractivity contribution >= 4 is 28.4 Å². The number of benzene rings is 1. The predicted molar refractivity (Wildman–Crippen MR) is 117 cm³/mol. The van der Waals surface area contributed by atoms with Crippen molar-refractivity contribution in [2.45, 2.75) is 46.7 Å². The standard InChI is InChI=1S/C21H28N4O4S/c1-5-28-16-8-7-14(11-17(16)29-6-2)19(26)25-10-9-15-18(12-25)30-21(23-15)24-20(27)22-13(3)4/h7-8,11,13H,5-6,9-10,12H2,1-4H3,(H2,22,23,24,27). The van der Waals surface area contributed by atoms with Crippen LogP contribution in [0, 0.1) is 0 Å². The molecule has 1 aromatic carbocycles. The van der Waals surface area contributed by atoms with E-state index in [1.54, 1.807) is 23.1 Å². The molecule has 162 valence electrons. The molecule has 3 rings (SSSR count). The van der Waals surface area contributed by atoms with Gasteiger partial charge in [0.25, 0.3) is 5.91 Å². The lowest BCUT2D eigenvalue weighted by Crippen LogP contribution is -2.35. The third-order valence-electron chi connectivity index (χ3n) is 4.45. The summed E-state index contributed by atoms with van der Waals surface area (Å²) in [5.74, 6) is 1.14. The average molecular weight is 433 g/mol. The van der Waals surface area contributed by atoms with E-state index in [-0.39, 0.29) is 18.0 Å². The fraction of sp³-hybridized carbons (Fsp3) is 0.476. The van der Waals surface area contributed by atoms with Crippen molar-refractivity contribution in [3.05, 3.63) is 34.3 Å². The molecule has 0 saturated heterocycles. The van der Waals surface area contributed by atoms with Gasteiger partial charge in [0.2, 0.25) is 0 Å². The number of fused-ring (bicyclic) bond motifs is 1. The van der Waals surface area contributed by atoms with Crippen LogP contribution < -0.4 is 20.1 Å². The zero-order valence-electron chi connectivity index (χ0n) is 17.8. The molecule has 1 aliphatic heterocycles. The van der Waals surface area contributed by atoms with Crippen molar-refractivity contribution in [1.29, 1.82) is 0 Å². The monoisotopic (exact) mass is 432 g/mol. The second-order valence-corrected chi connectivity index (χ2v) is 8.23. The number of carbonyl (C=O) groups excluding carboxylic acids is 2. The molecule has 2 heterocycles. The van der Waals surface area contributed by atoms with E-state index in [0.717, 1.165) is 10.6 Å². The maximum Gasteiger partial charge on any atom is 0.321 e. The van der Waals surface area contributed by atoms with Crippen molar-refractivity contribution in [1.82, 2.24) is 15.2 Å². The summed E-state index contributed by atoms with van der Waals surface area (Å²) < 4.78 is 11.2. The lowest BCUT2D eigenvalue weighted by molar-refractivity contribution is 0.0735. The molecule has 8 nitrogen and oxygen atoms in total. The molecule has 2 aromatic rings. The van der Waals surface area contributed by atoms with Gasteiger partial charge in [-0.15, -0.1) is 0 Å². The topological polar surface area (TPSA) is 92.8 Å². The number of aromatic nitrogens is 1. The molecule has 1 aromatic heterocycles. The third kappa shape index (κ3) is 5.21. The number of thiazole rings is 1. The summed E-state index contributed by atoms with van der Waals surface area (Å²) in [6.45, 7) is 9.66. The molecule has 0 aliphatic carbocycles. The number of urea groups is 1. The van der Waals surface area contributed by atoms with E-state index in [4.69, 9.17) is 9.47 Å². The van der Waals surface area contributed by atoms with Gasteiger partial charge in [-0.05, 0) is 45.9 Å². The van der Waals surface area contributed by atoms with E-state index < -0.39 is 0 Å². The predicted octanol–water partition coefficient (Wildman–Crippen LogP) is 3.67.